The smallest absolute Gasteiger partial charge is 0.265 e. The standard InChI is InChI=1S/C12H15N3O3/c1-8-6-9(12(17)14-13)2-3-10(8)15-4-5-18-7-11(15)16/h2-3,6H,4-5,7,13H2,1H3,(H,14,17). The first kappa shape index (κ1) is 12.5. The number of ether oxygens (including phenoxy) is 1. The van der Waals surface area contributed by atoms with E-state index < -0.39 is 0 Å². The van der Waals surface area contributed by atoms with Crippen molar-refractivity contribution in [3.05, 3.63) is 29.3 Å². The lowest BCUT2D eigenvalue weighted by molar-refractivity contribution is -0.125. The summed E-state index contributed by atoms with van der Waals surface area (Å²) in [5.41, 5.74) is 4.20. The van der Waals surface area contributed by atoms with Gasteiger partial charge in [-0.3, -0.25) is 15.0 Å². The summed E-state index contributed by atoms with van der Waals surface area (Å²) in [7, 11) is 0. The molecule has 2 rings (SSSR count). The van der Waals surface area contributed by atoms with Crippen LogP contribution in [0.2, 0.25) is 0 Å². The molecule has 3 N–H and O–H groups in total. The summed E-state index contributed by atoms with van der Waals surface area (Å²) >= 11 is 0. The molecular weight excluding hydrogens is 234 g/mol. The van der Waals surface area contributed by atoms with Crippen molar-refractivity contribution in [3.63, 3.8) is 0 Å². The first-order valence-corrected chi connectivity index (χ1v) is 5.63. The van der Waals surface area contributed by atoms with E-state index in [2.05, 4.69) is 5.43 Å². The zero-order chi connectivity index (χ0) is 13.1. The van der Waals surface area contributed by atoms with Gasteiger partial charge in [-0.1, -0.05) is 0 Å². The zero-order valence-corrected chi connectivity index (χ0v) is 10.1. The molecule has 0 bridgehead atoms. The monoisotopic (exact) mass is 249 g/mol. The molecule has 1 aliphatic heterocycles. The maximum atomic E-state index is 11.7. The highest BCUT2D eigenvalue weighted by Crippen LogP contribution is 2.22. The number of carbonyl (C=O) groups excluding carboxylic acids is 2. The van der Waals surface area contributed by atoms with E-state index in [1.807, 2.05) is 6.92 Å². The minimum absolute atomic E-state index is 0.0691. The predicted octanol–water partition coefficient (Wildman–Crippen LogP) is -0.0383. The fourth-order valence-electron chi connectivity index (χ4n) is 1.96. The van der Waals surface area contributed by atoms with E-state index in [1.165, 1.54) is 0 Å². The molecule has 18 heavy (non-hydrogen) atoms. The van der Waals surface area contributed by atoms with Gasteiger partial charge in [0.1, 0.15) is 6.61 Å². The largest absolute Gasteiger partial charge is 0.370 e. The van der Waals surface area contributed by atoms with Gasteiger partial charge in [0, 0.05) is 17.8 Å². The van der Waals surface area contributed by atoms with Crippen molar-refractivity contribution in [2.75, 3.05) is 24.7 Å². The van der Waals surface area contributed by atoms with Gasteiger partial charge >= 0.3 is 0 Å². The van der Waals surface area contributed by atoms with Crippen LogP contribution in [-0.2, 0) is 9.53 Å². The van der Waals surface area contributed by atoms with Gasteiger partial charge in [0.25, 0.3) is 11.8 Å². The van der Waals surface area contributed by atoms with Crippen molar-refractivity contribution < 1.29 is 14.3 Å². The van der Waals surface area contributed by atoms with Crippen LogP contribution in [0.25, 0.3) is 0 Å². The van der Waals surface area contributed by atoms with Crippen LogP contribution in [0.4, 0.5) is 5.69 Å². The summed E-state index contributed by atoms with van der Waals surface area (Å²) in [5.74, 6) is 4.66. The van der Waals surface area contributed by atoms with Crippen molar-refractivity contribution in [2.45, 2.75) is 6.92 Å². The van der Waals surface area contributed by atoms with Crippen molar-refractivity contribution in [3.8, 4) is 0 Å². The normalized spacial score (nSPS) is 15.7. The van der Waals surface area contributed by atoms with E-state index in [0.717, 1.165) is 11.3 Å². The second-order valence-corrected chi connectivity index (χ2v) is 4.07. The van der Waals surface area contributed by atoms with Gasteiger partial charge in [0.05, 0.1) is 6.61 Å². The second kappa shape index (κ2) is 5.16. The van der Waals surface area contributed by atoms with E-state index in [9.17, 15) is 9.59 Å². The summed E-state index contributed by atoms with van der Waals surface area (Å²) < 4.78 is 5.08. The molecule has 0 unspecified atom stereocenters. The summed E-state index contributed by atoms with van der Waals surface area (Å²) in [6.07, 6.45) is 0. The Morgan fingerprint density at radius 2 is 2.28 bits per heavy atom. The van der Waals surface area contributed by atoms with Crippen LogP contribution < -0.4 is 16.2 Å². The molecule has 0 radical (unpaired) electrons. The number of aryl methyl sites for hydroxylation is 1. The van der Waals surface area contributed by atoms with E-state index in [-0.39, 0.29) is 18.4 Å². The summed E-state index contributed by atoms with van der Waals surface area (Å²) in [6, 6.07) is 5.11. The minimum atomic E-state index is -0.349. The molecule has 1 fully saturated rings. The number of nitrogens with two attached hydrogens (primary N) is 1. The Bertz CT molecular complexity index is 487. The molecule has 2 amide bonds. The third-order valence-corrected chi connectivity index (χ3v) is 2.87. The lowest BCUT2D eigenvalue weighted by atomic mass is 10.1. The number of hydrogen-bond acceptors (Lipinski definition) is 4. The van der Waals surface area contributed by atoms with Crippen LogP contribution in [-0.4, -0.2) is 31.6 Å². The lowest BCUT2D eigenvalue weighted by Crippen LogP contribution is -2.42. The third-order valence-electron chi connectivity index (χ3n) is 2.87. The number of rotatable bonds is 2. The minimum Gasteiger partial charge on any atom is -0.370 e. The SMILES string of the molecule is Cc1cc(C(=O)NN)ccc1N1CCOCC1=O. The summed E-state index contributed by atoms with van der Waals surface area (Å²) in [5, 5.41) is 0. The topological polar surface area (TPSA) is 84.7 Å². The number of nitrogen functional groups attached to an aromatic ring is 1. The highest BCUT2D eigenvalue weighted by Gasteiger charge is 2.21. The number of anilines is 1. The first-order chi connectivity index (χ1) is 8.63. The van der Waals surface area contributed by atoms with Gasteiger partial charge in [-0.25, -0.2) is 5.84 Å². The average molecular weight is 249 g/mol. The molecular formula is C12H15N3O3. The van der Waals surface area contributed by atoms with E-state index in [4.69, 9.17) is 10.6 Å². The highest BCUT2D eigenvalue weighted by molar-refractivity contribution is 5.98. The van der Waals surface area contributed by atoms with Crippen LogP contribution in [0, 0.1) is 6.92 Å². The Hall–Kier alpha value is -1.92. The number of morpholine rings is 1. The Morgan fingerprint density at radius 3 is 2.89 bits per heavy atom. The average Bonchev–Trinajstić information content (AvgIpc) is 2.39. The maximum Gasteiger partial charge on any atom is 0.265 e. The molecule has 0 aliphatic carbocycles. The Morgan fingerprint density at radius 1 is 1.50 bits per heavy atom. The highest BCUT2D eigenvalue weighted by atomic mass is 16.5. The number of nitrogens with one attached hydrogen (secondary N) is 1. The molecule has 1 aliphatic rings. The van der Waals surface area contributed by atoms with E-state index in [1.54, 1.807) is 23.1 Å². The van der Waals surface area contributed by atoms with E-state index >= 15 is 0 Å². The van der Waals surface area contributed by atoms with Crippen molar-refractivity contribution in [1.82, 2.24) is 5.43 Å². The molecule has 0 saturated carbocycles. The van der Waals surface area contributed by atoms with Crippen LogP contribution >= 0.6 is 0 Å². The fourth-order valence-corrected chi connectivity index (χ4v) is 1.96. The van der Waals surface area contributed by atoms with Gasteiger partial charge in [-0.15, -0.1) is 0 Å². The molecule has 1 aromatic rings. The number of hydrogen-bond donors (Lipinski definition) is 2. The number of amides is 2. The number of carbonyl (C=O) groups is 2. The molecule has 6 heteroatoms. The fraction of sp³-hybridized carbons (Fsp3) is 0.333. The summed E-state index contributed by atoms with van der Waals surface area (Å²) in [4.78, 5) is 24.8. The van der Waals surface area contributed by atoms with Crippen LogP contribution in [0.3, 0.4) is 0 Å². The van der Waals surface area contributed by atoms with Crippen molar-refractivity contribution in [1.29, 1.82) is 0 Å². The van der Waals surface area contributed by atoms with Gasteiger partial charge in [0.2, 0.25) is 0 Å². The molecule has 0 spiro atoms. The number of benzene rings is 1. The van der Waals surface area contributed by atoms with Crippen molar-refractivity contribution in [2.24, 2.45) is 5.84 Å². The predicted molar refractivity (Wildman–Crippen MR) is 66.0 cm³/mol. The number of nitrogens with zero attached hydrogens (tertiary/aromatic N) is 1. The van der Waals surface area contributed by atoms with Gasteiger partial charge in [-0.05, 0) is 30.7 Å². The molecule has 96 valence electrons. The lowest BCUT2D eigenvalue weighted by Gasteiger charge is -2.28. The quantitative estimate of drug-likeness (QED) is 0.437. The first-order valence-electron chi connectivity index (χ1n) is 5.63. The molecule has 6 nitrogen and oxygen atoms in total. The summed E-state index contributed by atoms with van der Waals surface area (Å²) in [6.45, 7) is 3.01. The molecule has 0 atom stereocenters. The van der Waals surface area contributed by atoms with Crippen LogP contribution in [0.15, 0.2) is 18.2 Å². The molecule has 1 saturated heterocycles. The van der Waals surface area contributed by atoms with E-state index in [0.29, 0.717) is 18.7 Å². The van der Waals surface area contributed by atoms with Gasteiger partial charge < -0.3 is 9.64 Å². The molecule has 1 aromatic carbocycles. The zero-order valence-electron chi connectivity index (χ0n) is 10.1. The van der Waals surface area contributed by atoms with Crippen LogP contribution in [0.1, 0.15) is 15.9 Å². The molecule has 1 heterocycles. The Balaban J connectivity index is 2.29. The van der Waals surface area contributed by atoms with Gasteiger partial charge in [0.15, 0.2) is 0 Å². The van der Waals surface area contributed by atoms with Crippen LogP contribution in [0.5, 0.6) is 0 Å². The number of hydrazine groups is 1. The van der Waals surface area contributed by atoms with Crippen molar-refractivity contribution >= 4 is 17.5 Å². The Kier molecular flexibility index (Phi) is 3.59. The Labute approximate surface area is 105 Å². The van der Waals surface area contributed by atoms with Gasteiger partial charge in [-0.2, -0.15) is 0 Å². The second-order valence-electron chi connectivity index (χ2n) is 4.07. The molecule has 0 aromatic heterocycles. The third kappa shape index (κ3) is 2.34. The maximum absolute atomic E-state index is 11.7.